The van der Waals surface area contributed by atoms with Crippen molar-refractivity contribution in [1.82, 2.24) is 4.98 Å². The Morgan fingerprint density at radius 3 is 2.45 bits per heavy atom. The topological polar surface area (TPSA) is 65.2 Å². The number of nitrogens with zero attached hydrogens (tertiary/aromatic N) is 1. The first-order valence-electron chi connectivity index (χ1n) is 5.48. The molecule has 0 atom stereocenters. The number of alkyl halides is 5. The fourth-order valence-corrected chi connectivity index (χ4v) is 1.65. The monoisotopic (exact) mass is 298 g/mol. The van der Waals surface area contributed by atoms with Crippen molar-refractivity contribution in [3.63, 3.8) is 0 Å². The van der Waals surface area contributed by atoms with E-state index in [1.54, 1.807) is 0 Å². The van der Waals surface area contributed by atoms with Gasteiger partial charge in [0.25, 0.3) is 6.43 Å². The second kappa shape index (κ2) is 6.12. The second-order valence-electron chi connectivity index (χ2n) is 3.63. The fraction of sp³-hybridized carbons (Fsp3) is 0.455. The number of carbonyl (C=O) groups is 1. The summed E-state index contributed by atoms with van der Waals surface area (Å²) in [4.78, 5) is 14.7. The van der Waals surface area contributed by atoms with E-state index in [-0.39, 0.29) is 6.61 Å². The van der Waals surface area contributed by atoms with Crippen molar-refractivity contribution < 1.29 is 31.5 Å². The minimum Gasteiger partial charge on any atom is -0.462 e. The molecule has 9 heteroatoms. The number of hydrogen-bond donors (Lipinski definition) is 1. The smallest absolute Gasteiger partial charge is 0.417 e. The highest BCUT2D eigenvalue weighted by Gasteiger charge is 2.40. The standard InChI is InChI=1S/C11H11F5N2O2/c1-2-20-10(19)6-4-18-8(9(12)13)5(3-17)7(6)11(14,15)16/h4,9H,2-3,17H2,1H3. The van der Waals surface area contributed by atoms with E-state index in [9.17, 15) is 26.7 Å². The zero-order valence-corrected chi connectivity index (χ0v) is 10.3. The Morgan fingerprint density at radius 2 is 2.05 bits per heavy atom. The van der Waals surface area contributed by atoms with E-state index >= 15 is 0 Å². The van der Waals surface area contributed by atoms with Crippen LogP contribution in [-0.2, 0) is 17.5 Å². The van der Waals surface area contributed by atoms with Gasteiger partial charge < -0.3 is 10.5 Å². The molecular weight excluding hydrogens is 287 g/mol. The molecule has 4 nitrogen and oxygen atoms in total. The van der Waals surface area contributed by atoms with Gasteiger partial charge in [0.2, 0.25) is 0 Å². The number of pyridine rings is 1. The lowest BCUT2D eigenvalue weighted by atomic mass is 10.0. The molecule has 0 aliphatic heterocycles. The molecule has 1 rings (SSSR count). The van der Waals surface area contributed by atoms with Gasteiger partial charge in [-0.2, -0.15) is 13.2 Å². The third-order valence-corrected chi connectivity index (χ3v) is 2.40. The van der Waals surface area contributed by atoms with Crippen LogP contribution in [0, 0.1) is 0 Å². The molecule has 112 valence electrons. The molecule has 2 N–H and O–H groups in total. The number of rotatable bonds is 4. The third kappa shape index (κ3) is 3.21. The summed E-state index contributed by atoms with van der Waals surface area (Å²) in [7, 11) is 0. The molecule has 0 spiro atoms. The van der Waals surface area contributed by atoms with Crippen molar-refractivity contribution in [3.05, 3.63) is 28.6 Å². The summed E-state index contributed by atoms with van der Waals surface area (Å²) in [5.74, 6) is -1.29. The van der Waals surface area contributed by atoms with E-state index in [0.717, 1.165) is 0 Å². The van der Waals surface area contributed by atoms with E-state index < -0.39 is 47.5 Å². The van der Waals surface area contributed by atoms with Gasteiger partial charge in [-0.3, -0.25) is 4.98 Å². The normalized spacial score (nSPS) is 11.8. The summed E-state index contributed by atoms with van der Waals surface area (Å²) < 4.78 is 68.8. The highest BCUT2D eigenvalue weighted by atomic mass is 19.4. The average molecular weight is 298 g/mol. The summed E-state index contributed by atoms with van der Waals surface area (Å²) in [6.45, 7) is 0.412. The van der Waals surface area contributed by atoms with Crippen LogP contribution in [0.1, 0.15) is 40.5 Å². The third-order valence-electron chi connectivity index (χ3n) is 2.40. The first kappa shape index (κ1) is 16.3. The first-order chi connectivity index (χ1) is 9.23. The number of halogens is 5. The molecule has 0 saturated carbocycles. The van der Waals surface area contributed by atoms with Crippen molar-refractivity contribution in [3.8, 4) is 0 Å². The molecule has 1 aromatic heterocycles. The van der Waals surface area contributed by atoms with Gasteiger partial charge in [0.05, 0.1) is 17.7 Å². The van der Waals surface area contributed by atoms with Gasteiger partial charge in [0.1, 0.15) is 5.69 Å². The zero-order chi connectivity index (χ0) is 15.5. The maximum Gasteiger partial charge on any atom is 0.417 e. The molecule has 0 unspecified atom stereocenters. The molecule has 20 heavy (non-hydrogen) atoms. The predicted octanol–water partition coefficient (Wildman–Crippen LogP) is 2.67. The summed E-state index contributed by atoms with van der Waals surface area (Å²) in [6.07, 6.45) is -7.82. The highest BCUT2D eigenvalue weighted by molar-refractivity contribution is 5.91. The number of hydrogen-bond acceptors (Lipinski definition) is 4. The van der Waals surface area contributed by atoms with Crippen molar-refractivity contribution in [2.45, 2.75) is 26.1 Å². The molecule has 0 fully saturated rings. The van der Waals surface area contributed by atoms with Crippen molar-refractivity contribution >= 4 is 5.97 Å². The molecule has 0 aliphatic carbocycles. The zero-order valence-electron chi connectivity index (χ0n) is 10.3. The molecule has 0 amide bonds. The summed E-state index contributed by atoms with van der Waals surface area (Å²) in [5.41, 5.74) is 0.658. The van der Waals surface area contributed by atoms with E-state index in [4.69, 9.17) is 5.73 Å². The van der Waals surface area contributed by atoms with Crippen LogP contribution in [0.2, 0.25) is 0 Å². The van der Waals surface area contributed by atoms with Crippen LogP contribution >= 0.6 is 0 Å². The number of aromatic nitrogens is 1. The van der Waals surface area contributed by atoms with Crippen LogP contribution in [-0.4, -0.2) is 17.6 Å². The molecule has 0 aliphatic rings. The molecule has 0 saturated heterocycles. The van der Waals surface area contributed by atoms with Crippen molar-refractivity contribution in [2.24, 2.45) is 5.73 Å². The van der Waals surface area contributed by atoms with Gasteiger partial charge in [-0.1, -0.05) is 0 Å². The first-order valence-corrected chi connectivity index (χ1v) is 5.48. The Hall–Kier alpha value is -1.77. The Balaban J connectivity index is 3.58. The number of nitrogens with two attached hydrogens (primary N) is 1. The number of carbonyl (C=O) groups excluding carboxylic acids is 1. The van der Waals surface area contributed by atoms with Gasteiger partial charge in [-0.15, -0.1) is 0 Å². The van der Waals surface area contributed by atoms with Crippen LogP contribution in [0.5, 0.6) is 0 Å². The highest BCUT2D eigenvalue weighted by Crippen LogP contribution is 2.37. The number of ether oxygens (including phenoxy) is 1. The average Bonchev–Trinajstić information content (AvgIpc) is 2.35. The summed E-state index contributed by atoms with van der Waals surface area (Å²) in [5, 5.41) is 0. The van der Waals surface area contributed by atoms with Gasteiger partial charge >= 0.3 is 12.1 Å². The molecule has 0 radical (unpaired) electrons. The molecule has 1 heterocycles. The lowest BCUT2D eigenvalue weighted by Crippen LogP contribution is -2.22. The molecule has 0 aromatic carbocycles. The maximum absolute atomic E-state index is 13.0. The van der Waals surface area contributed by atoms with Crippen LogP contribution < -0.4 is 5.73 Å². The van der Waals surface area contributed by atoms with Crippen LogP contribution in [0.25, 0.3) is 0 Å². The summed E-state index contributed by atoms with van der Waals surface area (Å²) >= 11 is 0. The SMILES string of the molecule is CCOC(=O)c1cnc(C(F)F)c(CN)c1C(F)(F)F. The quantitative estimate of drug-likeness (QED) is 0.685. The Kier molecular flexibility index (Phi) is 4.98. The van der Waals surface area contributed by atoms with E-state index in [1.807, 2.05) is 0 Å². The lowest BCUT2D eigenvalue weighted by molar-refractivity contribution is -0.139. The molecule has 0 bridgehead atoms. The van der Waals surface area contributed by atoms with Crippen LogP contribution in [0.4, 0.5) is 22.0 Å². The van der Waals surface area contributed by atoms with E-state index in [0.29, 0.717) is 6.20 Å². The van der Waals surface area contributed by atoms with E-state index in [1.165, 1.54) is 6.92 Å². The van der Waals surface area contributed by atoms with Crippen molar-refractivity contribution in [2.75, 3.05) is 6.61 Å². The Bertz CT molecular complexity index is 502. The Morgan fingerprint density at radius 1 is 1.45 bits per heavy atom. The van der Waals surface area contributed by atoms with Crippen molar-refractivity contribution in [1.29, 1.82) is 0 Å². The van der Waals surface area contributed by atoms with Gasteiger partial charge in [-0.25, -0.2) is 13.6 Å². The molecule has 1 aromatic rings. The predicted molar refractivity (Wildman–Crippen MR) is 58.0 cm³/mol. The Labute approximate surface area is 110 Å². The van der Waals surface area contributed by atoms with Gasteiger partial charge in [0.15, 0.2) is 0 Å². The van der Waals surface area contributed by atoms with Gasteiger partial charge in [0, 0.05) is 18.3 Å². The van der Waals surface area contributed by atoms with Crippen LogP contribution in [0.15, 0.2) is 6.20 Å². The number of esters is 1. The van der Waals surface area contributed by atoms with E-state index in [2.05, 4.69) is 9.72 Å². The van der Waals surface area contributed by atoms with Gasteiger partial charge in [-0.05, 0) is 6.92 Å². The second-order valence-corrected chi connectivity index (χ2v) is 3.63. The summed E-state index contributed by atoms with van der Waals surface area (Å²) in [6, 6.07) is 0. The minimum absolute atomic E-state index is 0.162. The van der Waals surface area contributed by atoms with Crippen LogP contribution in [0.3, 0.4) is 0 Å². The lowest BCUT2D eigenvalue weighted by Gasteiger charge is -2.18. The largest absolute Gasteiger partial charge is 0.462 e. The maximum atomic E-state index is 13.0. The fourth-order valence-electron chi connectivity index (χ4n) is 1.65. The minimum atomic E-state index is -5.02. The molecular formula is C11H11F5N2O2.